The van der Waals surface area contributed by atoms with Gasteiger partial charge in [-0.05, 0) is 36.6 Å². The first kappa shape index (κ1) is 21.1. The number of nitrogens with zero attached hydrogens (tertiary/aromatic N) is 1. The van der Waals surface area contributed by atoms with E-state index in [1.807, 2.05) is 0 Å². The fourth-order valence-electron chi connectivity index (χ4n) is 2.42. The number of aromatic nitrogens is 1. The van der Waals surface area contributed by atoms with Crippen LogP contribution in [-0.4, -0.2) is 22.1 Å². The maximum atomic E-state index is 13.0. The molecule has 0 aliphatic carbocycles. The molecule has 27 heavy (non-hydrogen) atoms. The first-order valence-electron chi connectivity index (χ1n) is 7.74. The van der Waals surface area contributed by atoms with Crippen molar-refractivity contribution in [2.75, 3.05) is 6.54 Å². The Hall–Kier alpha value is -2.19. The summed E-state index contributed by atoms with van der Waals surface area (Å²) < 4.78 is 39.1. The molecule has 2 aromatic rings. The highest BCUT2D eigenvalue weighted by Crippen LogP contribution is 2.30. The molecule has 0 atom stereocenters. The number of aromatic hydroxyl groups is 1. The molecule has 1 aromatic heterocycles. The fraction of sp³-hybridized carbons (Fsp3) is 0.294. The topological polar surface area (TPSA) is 71.3 Å². The predicted molar refractivity (Wildman–Crippen MR) is 95.5 cm³/mol. The van der Waals surface area contributed by atoms with Gasteiger partial charge < -0.3 is 15.0 Å². The quantitative estimate of drug-likeness (QED) is 0.720. The average molecular weight is 423 g/mol. The van der Waals surface area contributed by atoms with Crippen LogP contribution in [-0.2, 0) is 19.6 Å². The number of benzene rings is 1. The van der Waals surface area contributed by atoms with E-state index in [0.29, 0.717) is 29.0 Å². The van der Waals surface area contributed by atoms with Gasteiger partial charge in [0.05, 0.1) is 15.6 Å². The van der Waals surface area contributed by atoms with Crippen molar-refractivity contribution in [3.8, 4) is 5.75 Å². The van der Waals surface area contributed by atoms with Crippen molar-refractivity contribution in [1.82, 2.24) is 9.88 Å². The van der Waals surface area contributed by atoms with Crippen molar-refractivity contribution >= 4 is 29.1 Å². The van der Waals surface area contributed by atoms with E-state index >= 15 is 0 Å². The molecular formula is C17H15Cl2F3N2O3. The number of carbonyl (C=O) groups excluding carboxylic acids is 1. The molecule has 5 nitrogen and oxygen atoms in total. The number of hydrogen-bond acceptors (Lipinski definition) is 3. The van der Waals surface area contributed by atoms with Crippen LogP contribution in [0.15, 0.2) is 29.1 Å². The van der Waals surface area contributed by atoms with Crippen LogP contribution in [0, 0.1) is 0 Å². The Morgan fingerprint density at radius 3 is 2.48 bits per heavy atom. The number of nitrogens with one attached hydrogen (secondary N) is 1. The lowest BCUT2D eigenvalue weighted by Crippen LogP contribution is -2.31. The molecular weight excluding hydrogens is 408 g/mol. The summed E-state index contributed by atoms with van der Waals surface area (Å²) in [6.07, 6.45) is -3.85. The van der Waals surface area contributed by atoms with Gasteiger partial charge in [-0.3, -0.25) is 9.59 Å². The first-order chi connectivity index (χ1) is 12.5. The molecule has 0 saturated heterocycles. The van der Waals surface area contributed by atoms with Crippen LogP contribution < -0.4 is 10.9 Å². The van der Waals surface area contributed by atoms with E-state index < -0.39 is 34.6 Å². The van der Waals surface area contributed by atoms with Crippen molar-refractivity contribution in [2.24, 2.45) is 7.05 Å². The number of amides is 1. The predicted octanol–water partition coefficient (Wildman–Crippen LogP) is 3.78. The molecule has 2 rings (SSSR count). The van der Waals surface area contributed by atoms with Crippen LogP contribution in [0.5, 0.6) is 5.75 Å². The molecule has 1 amide bonds. The molecule has 0 bridgehead atoms. The molecule has 0 unspecified atom stereocenters. The lowest BCUT2D eigenvalue weighted by atomic mass is 10.1. The van der Waals surface area contributed by atoms with Gasteiger partial charge in [0.15, 0.2) is 5.75 Å². The van der Waals surface area contributed by atoms with Gasteiger partial charge in [0.25, 0.3) is 11.5 Å². The molecule has 0 fully saturated rings. The zero-order valence-electron chi connectivity index (χ0n) is 14.0. The number of alkyl halides is 3. The number of pyridine rings is 1. The molecule has 1 heterocycles. The van der Waals surface area contributed by atoms with E-state index in [9.17, 15) is 27.9 Å². The Labute approximate surface area is 162 Å². The highest BCUT2D eigenvalue weighted by Gasteiger charge is 2.36. The van der Waals surface area contributed by atoms with Gasteiger partial charge in [-0.15, -0.1) is 0 Å². The molecule has 0 saturated carbocycles. The summed E-state index contributed by atoms with van der Waals surface area (Å²) in [5.74, 6) is -2.00. The summed E-state index contributed by atoms with van der Waals surface area (Å²) in [7, 11) is 0.865. The molecule has 0 aliphatic heterocycles. The van der Waals surface area contributed by atoms with Gasteiger partial charge in [0, 0.05) is 13.6 Å². The Balaban J connectivity index is 2.06. The molecule has 10 heteroatoms. The molecule has 0 aliphatic rings. The monoisotopic (exact) mass is 422 g/mol. The second-order valence-corrected chi connectivity index (χ2v) is 6.58. The average Bonchev–Trinajstić information content (AvgIpc) is 2.58. The van der Waals surface area contributed by atoms with Gasteiger partial charge in [0.2, 0.25) is 0 Å². The minimum Gasteiger partial charge on any atom is -0.502 e. The van der Waals surface area contributed by atoms with E-state index in [2.05, 4.69) is 5.32 Å². The Kier molecular flexibility index (Phi) is 6.43. The first-order valence-corrected chi connectivity index (χ1v) is 8.50. The van der Waals surface area contributed by atoms with Crippen LogP contribution in [0.1, 0.15) is 28.0 Å². The summed E-state index contributed by atoms with van der Waals surface area (Å²) in [6.45, 7) is 0.120. The second-order valence-electron chi connectivity index (χ2n) is 5.76. The smallest absolute Gasteiger partial charge is 0.431 e. The highest BCUT2D eigenvalue weighted by molar-refractivity contribution is 6.42. The molecule has 1 aromatic carbocycles. The van der Waals surface area contributed by atoms with E-state index in [1.165, 1.54) is 0 Å². The standard InChI is InChI=1S/C17H15Cl2F3N2O3/c1-24-13(17(20,21)22)8-10(14(25)16(24)27)15(26)23-6-2-3-9-4-5-11(18)12(19)7-9/h4-5,7-8,25H,2-3,6H2,1H3,(H,23,26). The van der Waals surface area contributed by atoms with E-state index in [1.54, 1.807) is 18.2 Å². The summed E-state index contributed by atoms with van der Waals surface area (Å²) in [6, 6.07) is 5.52. The maximum Gasteiger partial charge on any atom is 0.431 e. The molecule has 146 valence electrons. The summed E-state index contributed by atoms with van der Waals surface area (Å²) >= 11 is 11.7. The van der Waals surface area contributed by atoms with E-state index in [0.717, 1.165) is 12.6 Å². The molecule has 0 radical (unpaired) electrons. The number of rotatable bonds is 5. The van der Waals surface area contributed by atoms with Crippen LogP contribution in [0.3, 0.4) is 0 Å². The Morgan fingerprint density at radius 1 is 1.22 bits per heavy atom. The molecule has 2 N–H and O–H groups in total. The SMILES string of the molecule is Cn1c(C(F)(F)F)cc(C(=O)NCCCc2ccc(Cl)c(Cl)c2)c(O)c1=O. The number of hydrogen-bond donors (Lipinski definition) is 2. The van der Waals surface area contributed by atoms with Crippen molar-refractivity contribution in [3.05, 3.63) is 61.5 Å². The Morgan fingerprint density at radius 2 is 1.89 bits per heavy atom. The van der Waals surface area contributed by atoms with Crippen LogP contribution in [0.4, 0.5) is 13.2 Å². The zero-order chi connectivity index (χ0) is 20.4. The fourth-order valence-corrected chi connectivity index (χ4v) is 2.74. The third-order valence-electron chi connectivity index (χ3n) is 3.85. The third kappa shape index (κ3) is 4.95. The van der Waals surface area contributed by atoms with Gasteiger partial charge >= 0.3 is 6.18 Å². The maximum absolute atomic E-state index is 13.0. The van der Waals surface area contributed by atoms with Crippen molar-refractivity contribution < 1.29 is 23.1 Å². The minimum atomic E-state index is -4.84. The lowest BCUT2D eigenvalue weighted by molar-refractivity contribution is -0.143. The summed E-state index contributed by atoms with van der Waals surface area (Å²) in [5.41, 5.74) is -2.48. The zero-order valence-corrected chi connectivity index (χ0v) is 15.5. The van der Waals surface area contributed by atoms with Gasteiger partial charge in [-0.2, -0.15) is 13.2 Å². The van der Waals surface area contributed by atoms with Crippen molar-refractivity contribution in [2.45, 2.75) is 19.0 Å². The number of carbonyl (C=O) groups is 1. The normalized spacial score (nSPS) is 11.5. The van der Waals surface area contributed by atoms with Crippen molar-refractivity contribution in [1.29, 1.82) is 0 Å². The van der Waals surface area contributed by atoms with Crippen LogP contribution in [0.2, 0.25) is 10.0 Å². The van der Waals surface area contributed by atoms with Crippen molar-refractivity contribution in [3.63, 3.8) is 0 Å². The number of aryl methyl sites for hydroxylation is 1. The Bertz CT molecular complexity index is 927. The van der Waals surface area contributed by atoms with Gasteiger partial charge in [-0.25, -0.2) is 0 Å². The van der Waals surface area contributed by atoms with E-state index in [4.69, 9.17) is 23.2 Å². The number of halogens is 5. The minimum absolute atomic E-state index is 0.120. The summed E-state index contributed by atoms with van der Waals surface area (Å²) in [5, 5.41) is 12.9. The summed E-state index contributed by atoms with van der Waals surface area (Å²) in [4.78, 5) is 23.8. The second kappa shape index (κ2) is 8.22. The lowest BCUT2D eigenvalue weighted by Gasteiger charge is -2.14. The molecule has 0 spiro atoms. The van der Waals surface area contributed by atoms with Gasteiger partial charge in [-0.1, -0.05) is 29.3 Å². The van der Waals surface area contributed by atoms with Gasteiger partial charge in [0.1, 0.15) is 5.69 Å². The van der Waals surface area contributed by atoms with E-state index in [-0.39, 0.29) is 11.1 Å². The van der Waals surface area contributed by atoms with Crippen LogP contribution >= 0.6 is 23.2 Å². The largest absolute Gasteiger partial charge is 0.502 e. The highest BCUT2D eigenvalue weighted by atomic mass is 35.5. The third-order valence-corrected chi connectivity index (χ3v) is 4.59. The van der Waals surface area contributed by atoms with Crippen LogP contribution in [0.25, 0.3) is 0 Å².